The Bertz CT molecular complexity index is 895. The number of carbonyl (C=O) groups is 1. The van der Waals surface area contributed by atoms with E-state index in [0.717, 1.165) is 22.3 Å². The van der Waals surface area contributed by atoms with Crippen LogP contribution in [0.5, 0.6) is 5.75 Å². The van der Waals surface area contributed by atoms with E-state index in [4.69, 9.17) is 4.74 Å². The molecule has 6 nitrogen and oxygen atoms in total. The summed E-state index contributed by atoms with van der Waals surface area (Å²) in [5.41, 5.74) is 2.74. The fraction of sp³-hybridized carbons (Fsp3) is 0.250. The van der Waals surface area contributed by atoms with Gasteiger partial charge in [0.25, 0.3) is 5.91 Å². The van der Waals surface area contributed by atoms with Crippen molar-refractivity contribution in [1.82, 2.24) is 14.8 Å². The quantitative estimate of drug-likeness (QED) is 0.598. The van der Waals surface area contributed by atoms with Gasteiger partial charge in [-0.3, -0.25) is 9.36 Å². The van der Waals surface area contributed by atoms with Gasteiger partial charge in [0, 0.05) is 10.2 Å². The normalized spacial score (nSPS) is 11.8. The van der Waals surface area contributed by atoms with Gasteiger partial charge in [-0.1, -0.05) is 35.8 Å². The average molecular weight is 429 g/mol. The van der Waals surface area contributed by atoms with Gasteiger partial charge >= 0.3 is 0 Å². The molecular formula is C20H21BrN4O2. The molecule has 0 spiro atoms. The molecule has 3 aromatic rings. The molecule has 0 saturated heterocycles. The molecule has 0 aliphatic rings. The predicted octanol–water partition coefficient (Wildman–Crippen LogP) is 4.56. The van der Waals surface area contributed by atoms with E-state index in [1.54, 1.807) is 17.2 Å². The Balaban J connectivity index is 1.73. The lowest BCUT2D eigenvalue weighted by Crippen LogP contribution is -2.20. The molecular weight excluding hydrogens is 408 g/mol. The van der Waals surface area contributed by atoms with Gasteiger partial charge in [0.05, 0.1) is 5.69 Å². The summed E-state index contributed by atoms with van der Waals surface area (Å²) < 4.78 is 8.53. The molecule has 0 saturated carbocycles. The van der Waals surface area contributed by atoms with E-state index in [1.807, 2.05) is 36.4 Å². The monoisotopic (exact) mass is 428 g/mol. The van der Waals surface area contributed by atoms with Crippen molar-refractivity contribution in [2.75, 3.05) is 11.9 Å². The number of hydrogen-bond donors (Lipinski definition) is 1. The van der Waals surface area contributed by atoms with E-state index in [0.29, 0.717) is 11.7 Å². The van der Waals surface area contributed by atoms with Gasteiger partial charge in [0.2, 0.25) is 0 Å². The van der Waals surface area contributed by atoms with Crippen LogP contribution in [0.25, 0.3) is 5.69 Å². The number of carbonyl (C=O) groups excluding carboxylic acids is 1. The fourth-order valence-corrected chi connectivity index (χ4v) is 2.86. The summed E-state index contributed by atoms with van der Waals surface area (Å²) in [5.74, 6) is 0.806. The fourth-order valence-electron chi connectivity index (χ4n) is 2.60. The first-order valence-electron chi connectivity index (χ1n) is 8.74. The molecule has 1 amide bonds. The number of nitrogens with one attached hydrogen (secondary N) is 1. The van der Waals surface area contributed by atoms with E-state index in [2.05, 4.69) is 51.4 Å². The van der Waals surface area contributed by atoms with Crippen LogP contribution in [0.2, 0.25) is 0 Å². The highest BCUT2D eigenvalue weighted by Crippen LogP contribution is 2.28. The third-order valence-electron chi connectivity index (χ3n) is 4.35. The SMILES string of the molecule is CC[C@@H](C)c1ccc(OCC(=O)Nc2ccc(Br)cc2)c(-n2cnnc2)c1. The number of halogens is 1. The maximum atomic E-state index is 12.2. The summed E-state index contributed by atoms with van der Waals surface area (Å²) >= 11 is 3.37. The van der Waals surface area contributed by atoms with Crippen molar-refractivity contribution in [3.63, 3.8) is 0 Å². The minimum absolute atomic E-state index is 0.0894. The minimum atomic E-state index is -0.224. The van der Waals surface area contributed by atoms with Crippen molar-refractivity contribution in [1.29, 1.82) is 0 Å². The molecule has 7 heteroatoms. The summed E-state index contributed by atoms with van der Waals surface area (Å²) in [6.07, 6.45) is 4.27. The third-order valence-corrected chi connectivity index (χ3v) is 4.88. The topological polar surface area (TPSA) is 69.0 Å². The lowest BCUT2D eigenvalue weighted by molar-refractivity contribution is -0.118. The molecule has 2 aromatic carbocycles. The summed E-state index contributed by atoms with van der Waals surface area (Å²) in [7, 11) is 0. The largest absolute Gasteiger partial charge is 0.482 e. The molecule has 0 radical (unpaired) electrons. The highest BCUT2D eigenvalue weighted by Gasteiger charge is 2.12. The Morgan fingerprint density at radius 2 is 1.89 bits per heavy atom. The molecule has 0 unspecified atom stereocenters. The zero-order valence-corrected chi connectivity index (χ0v) is 16.8. The van der Waals surface area contributed by atoms with Crippen molar-refractivity contribution in [3.05, 3.63) is 65.2 Å². The molecule has 1 N–H and O–H groups in total. The standard InChI is InChI=1S/C20H21BrN4O2/c1-3-14(2)15-4-9-19(18(10-15)25-12-22-23-13-25)27-11-20(26)24-17-7-5-16(21)6-8-17/h4-10,12-14H,3,11H2,1-2H3,(H,24,26)/t14-/m1/s1. The molecule has 1 atom stereocenters. The maximum Gasteiger partial charge on any atom is 0.262 e. The number of amides is 1. The Labute approximate surface area is 166 Å². The van der Waals surface area contributed by atoms with Crippen LogP contribution in [0.1, 0.15) is 31.7 Å². The van der Waals surface area contributed by atoms with Gasteiger partial charge in [-0.25, -0.2) is 0 Å². The molecule has 140 valence electrons. The van der Waals surface area contributed by atoms with Crippen molar-refractivity contribution < 1.29 is 9.53 Å². The number of ether oxygens (including phenoxy) is 1. The number of nitrogens with zero attached hydrogens (tertiary/aromatic N) is 3. The van der Waals surface area contributed by atoms with E-state index >= 15 is 0 Å². The Morgan fingerprint density at radius 1 is 1.19 bits per heavy atom. The van der Waals surface area contributed by atoms with Gasteiger partial charge in [-0.05, 0) is 54.3 Å². The molecule has 0 fully saturated rings. The van der Waals surface area contributed by atoms with Crippen LogP contribution in [-0.4, -0.2) is 27.3 Å². The number of benzene rings is 2. The molecule has 1 aromatic heterocycles. The summed E-state index contributed by atoms with van der Waals surface area (Å²) in [6, 6.07) is 13.4. The Morgan fingerprint density at radius 3 is 2.56 bits per heavy atom. The Kier molecular flexibility index (Phi) is 6.24. The van der Waals surface area contributed by atoms with Gasteiger partial charge < -0.3 is 10.1 Å². The van der Waals surface area contributed by atoms with Gasteiger partial charge in [-0.15, -0.1) is 10.2 Å². The minimum Gasteiger partial charge on any atom is -0.482 e. The number of anilines is 1. The summed E-state index contributed by atoms with van der Waals surface area (Å²) in [6.45, 7) is 4.24. The Hall–Kier alpha value is -2.67. The van der Waals surface area contributed by atoms with E-state index in [-0.39, 0.29) is 12.5 Å². The maximum absolute atomic E-state index is 12.2. The van der Waals surface area contributed by atoms with Crippen LogP contribution in [0.4, 0.5) is 5.69 Å². The van der Waals surface area contributed by atoms with Crippen LogP contribution in [0.3, 0.4) is 0 Å². The van der Waals surface area contributed by atoms with E-state index in [9.17, 15) is 4.79 Å². The highest BCUT2D eigenvalue weighted by molar-refractivity contribution is 9.10. The van der Waals surface area contributed by atoms with Crippen LogP contribution in [0, 0.1) is 0 Å². The molecule has 3 rings (SSSR count). The molecule has 0 bridgehead atoms. The smallest absolute Gasteiger partial charge is 0.262 e. The zero-order valence-electron chi connectivity index (χ0n) is 15.2. The van der Waals surface area contributed by atoms with Gasteiger partial charge in [-0.2, -0.15) is 0 Å². The lowest BCUT2D eigenvalue weighted by Gasteiger charge is -2.16. The number of aromatic nitrogens is 3. The second-order valence-corrected chi connectivity index (χ2v) is 7.17. The van der Waals surface area contributed by atoms with Crippen LogP contribution in [0.15, 0.2) is 59.6 Å². The first kappa shape index (κ1) is 19.1. The van der Waals surface area contributed by atoms with Gasteiger partial charge in [0.15, 0.2) is 6.61 Å². The first-order chi connectivity index (χ1) is 13.1. The second kappa shape index (κ2) is 8.81. The van der Waals surface area contributed by atoms with E-state index in [1.165, 1.54) is 5.56 Å². The van der Waals surface area contributed by atoms with Crippen LogP contribution >= 0.6 is 15.9 Å². The average Bonchev–Trinajstić information content (AvgIpc) is 3.22. The second-order valence-electron chi connectivity index (χ2n) is 6.25. The van der Waals surface area contributed by atoms with Crippen molar-refractivity contribution in [3.8, 4) is 11.4 Å². The predicted molar refractivity (Wildman–Crippen MR) is 108 cm³/mol. The zero-order chi connectivity index (χ0) is 19.2. The summed E-state index contributed by atoms with van der Waals surface area (Å²) in [5, 5.41) is 10.5. The third kappa shape index (κ3) is 4.95. The van der Waals surface area contributed by atoms with Crippen molar-refractivity contribution >= 4 is 27.5 Å². The number of rotatable bonds is 7. The summed E-state index contributed by atoms with van der Waals surface area (Å²) in [4.78, 5) is 12.2. The molecule has 0 aliphatic carbocycles. The highest BCUT2D eigenvalue weighted by atomic mass is 79.9. The van der Waals surface area contributed by atoms with E-state index < -0.39 is 0 Å². The molecule has 1 heterocycles. The molecule has 0 aliphatic heterocycles. The first-order valence-corrected chi connectivity index (χ1v) is 9.53. The van der Waals surface area contributed by atoms with Crippen molar-refractivity contribution in [2.24, 2.45) is 0 Å². The van der Waals surface area contributed by atoms with Crippen LogP contribution in [-0.2, 0) is 4.79 Å². The number of hydrogen-bond acceptors (Lipinski definition) is 4. The van der Waals surface area contributed by atoms with Crippen LogP contribution < -0.4 is 10.1 Å². The van der Waals surface area contributed by atoms with Gasteiger partial charge in [0.1, 0.15) is 18.4 Å². The molecule has 27 heavy (non-hydrogen) atoms. The van der Waals surface area contributed by atoms with Crippen molar-refractivity contribution in [2.45, 2.75) is 26.2 Å². The lowest BCUT2D eigenvalue weighted by atomic mass is 9.98.